The van der Waals surface area contributed by atoms with Crippen LogP contribution < -0.4 is 5.32 Å². The lowest BCUT2D eigenvalue weighted by Crippen LogP contribution is -2.31. The van der Waals surface area contributed by atoms with Gasteiger partial charge in [-0.15, -0.1) is 16.5 Å². The molecule has 2 amide bonds. The van der Waals surface area contributed by atoms with Crippen LogP contribution in [0, 0.1) is 4.91 Å². The quantitative estimate of drug-likeness (QED) is 0.527. The lowest BCUT2D eigenvalue weighted by Gasteiger charge is -2.13. The van der Waals surface area contributed by atoms with Crippen LogP contribution in [0.15, 0.2) is 47.8 Å². The van der Waals surface area contributed by atoms with Gasteiger partial charge in [0.15, 0.2) is 0 Å². The van der Waals surface area contributed by atoms with Gasteiger partial charge in [-0.3, -0.25) is 0 Å². The molecule has 0 atom stereocenters. The summed E-state index contributed by atoms with van der Waals surface area (Å²) in [6.45, 7) is 0.0739. The second-order valence-corrected chi connectivity index (χ2v) is 4.26. The molecule has 2 rings (SSSR count). The number of alkyl halides is 1. The number of benzene rings is 2. The van der Waals surface area contributed by atoms with Crippen molar-refractivity contribution in [2.45, 2.75) is 0 Å². The highest BCUT2D eigenvalue weighted by atomic mass is 35.5. The van der Waals surface area contributed by atoms with E-state index in [2.05, 4.69) is 10.6 Å². The van der Waals surface area contributed by atoms with Gasteiger partial charge in [0.25, 0.3) is 0 Å². The summed E-state index contributed by atoms with van der Waals surface area (Å²) >= 11 is 5.48. The molecule has 2 aromatic carbocycles. The maximum absolute atomic E-state index is 11.7. The van der Waals surface area contributed by atoms with E-state index in [1.807, 2.05) is 36.4 Å². The highest BCUT2D eigenvalue weighted by Gasteiger charge is 2.13. The Kier molecular flexibility index (Phi) is 4.30. The first-order valence-corrected chi connectivity index (χ1v) is 6.24. The molecule has 6 heteroatoms. The number of anilines is 1. The van der Waals surface area contributed by atoms with Gasteiger partial charge in [-0.05, 0) is 22.9 Å². The van der Waals surface area contributed by atoms with Crippen LogP contribution in [0.1, 0.15) is 0 Å². The van der Waals surface area contributed by atoms with E-state index in [1.165, 1.54) is 0 Å². The predicted octanol–water partition coefficient (Wildman–Crippen LogP) is 3.59. The van der Waals surface area contributed by atoms with Crippen LogP contribution in [0.5, 0.6) is 0 Å². The van der Waals surface area contributed by atoms with Gasteiger partial charge in [0.05, 0.1) is 11.8 Å². The zero-order valence-electron chi connectivity index (χ0n) is 10.0. The molecule has 0 aliphatic carbocycles. The number of nitroso groups, excluding NO2 is 1. The third-order valence-corrected chi connectivity index (χ3v) is 2.80. The van der Waals surface area contributed by atoms with E-state index in [-0.39, 0.29) is 12.4 Å². The number of urea groups is 1. The SMILES string of the molecule is O=NN(CCCl)C(=O)Nc1ccc2ccccc2c1. The number of nitrogens with one attached hydrogen (secondary N) is 1. The van der Waals surface area contributed by atoms with Crippen molar-refractivity contribution in [2.24, 2.45) is 5.29 Å². The molecular weight excluding hydrogens is 266 g/mol. The smallest absolute Gasteiger partial charge is 0.306 e. The van der Waals surface area contributed by atoms with Gasteiger partial charge in [-0.25, -0.2) is 4.79 Å². The number of hydrogen-bond acceptors (Lipinski definition) is 3. The number of halogens is 1. The second kappa shape index (κ2) is 6.15. The Bertz CT molecular complexity index is 603. The van der Waals surface area contributed by atoms with Crippen LogP contribution >= 0.6 is 11.6 Å². The first-order valence-electron chi connectivity index (χ1n) is 5.71. The number of rotatable bonds is 4. The topological polar surface area (TPSA) is 61.8 Å². The summed E-state index contributed by atoms with van der Waals surface area (Å²) in [7, 11) is 0. The van der Waals surface area contributed by atoms with E-state index in [0.717, 1.165) is 15.8 Å². The molecule has 0 aromatic heterocycles. The Morgan fingerprint density at radius 1 is 1.21 bits per heavy atom. The largest absolute Gasteiger partial charge is 0.344 e. The molecule has 1 N–H and O–H groups in total. The van der Waals surface area contributed by atoms with Gasteiger partial charge < -0.3 is 5.32 Å². The average molecular weight is 278 g/mol. The number of carbonyl (C=O) groups excluding carboxylic acids is 1. The van der Waals surface area contributed by atoms with Gasteiger partial charge in [0, 0.05) is 11.6 Å². The molecule has 0 unspecified atom stereocenters. The van der Waals surface area contributed by atoms with Crippen molar-refractivity contribution in [3.63, 3.8) is 0 Å². The van der Waals surface area contributed by atoms with Gasteiger partial charge >= 0.3 is 6.03 Å². The van der Waals surface area contributed by atoms with Crippen molar-refractivity contribution in [1.82, 2.24) is 5.01 Å². The standard InChI is InChI=1S/C13H12ClN3O2/c14-7-8-17(16-19)13(18)15-12-6-5-10-3-1-2-4-11(10)9-12/h1-6,9H,7-8H2,(H,15,18). The summed E-state index contributed by atoms with van der Waals surface area (Å²) in [6, 6.07) is 12.7. The molecule has 0 bridgehead atoms. The summed E-state index contributed by atoms with van der Waals surface area (Å²) in [5, 5.41) is 8.06. The van der Waals surface area contributed by atoms with Crippen LogP contribution in [-0.2, 0) is 0 Å². The van der Waals surface area contributed by atoms with E-state index in [1.54, 1.807) is 6.07 Å². The lowest BCUT2D eigenvalue weighted by atomic mass is 10.1. The average Bonchev–Trinajstić information content (AvgIpc) is 2.44. The van der Waals surface area contributed by atoms with Gasteiger partial charge in [0.2, 0.25) is 0 Å². The molecule has 0 heterocycles. The van der Waals surface area contributed by atoms with Crippen LogP contribution in [0.25, 0.3) is 10.8 Å². The molecule has 0 saturated carbocycles. The van der Waals surface area contributed by atoms with Gasteiger partial charge in [0.1, 0.15) is 0 Å². The third kappa shape index (κ3) is 3.20. The van der Waals surface area contributed by atoms with Crippen molar-refractivity contribution in [3.05, 3.63) is 47.4 Å². The Morgan fingerprint density at radius 3 is 2.63 bits per heavy atom. The zero-order chi connectivity index (χ0) is 13.7. The van der Waals surface area contributed by atoms with Crippen LogP contribution in [0.3, 0.4) is 0 Å². The maximum Gasteiger partial charge on any atom is 0.344 e. The number of carbonyl (C=O) groups is 1. The Morgan fingerprint density at radius 2 is 1.95 bits per heavy atom. The second-order valence-electron chi connectivity index (χ2n) is 3.89. The van der Waals surface area contributed by atoms with E-state index in [0.29, 0.717) is 5.69 Å². The molecule has 98 valence electrons. The molecule has 0 radical (unpaired) electrons. The van der Waals surface area contributed by atoms with E-state index >= 15 is 0 Å². The van der Waals surface area contributed by atoms with Crippen LogP contribution in [0.2, 0.25) is 0 Å². The highest BCUT2D eigenvalue weighted by Crippen LogP contribution is 2.19. The van der Waals surface area contributed by atoms with Gasteiger partial charge in [-0.2, -0.15) is 5.01 Å². The Balaban J connectivity index is 2.16. The van der Waals surface area contributed by atoms with Gasteiger partial charge in [-0.1, -0.05) is 30.3 Å². The summed E-state index contributed by atoms with van der Waals surface area (Å²) in [6.07, 6.45) is 0. The molecular formula is C13H12ClN3O2. The first kappa shape index (κ1) is 13.3. The maximum atomic E-state index is 11.7. The van der Waals surface area contributed by atoms with E-state index in [4.69, 9.17) is 11.6 Å². The van der Waals surface area contributed by atoms with Crippen molar-refractivity contribution < 1.29 is 4.79 Å². The van der Waals surface area contributed by atoms with Crippen molar-refractivity contribution in [2.75, 3.05) is 17.7 Å². The molecule has 0 aliphatic heterocycles. The first-order chi connectivity index (χ1) is 9.24. The lowest BCUT2D eigenvalue weighted by molar-refractivity contribution is 0.216. The number of amides is 2. The summed E-state index contributed by atoms with van der Waals surface area (Å²) in [5.74, 6) is 0.150. The number of nitrogens with zero attached hydrogens (tertiary/aromatic N) is 2. The van der Waals surface area contributed by atoms with Crippen molar-refractivity contribution in [3.8, 4) is 0 Å². The Labute approximate surface area is 115 Å². The minimum Gasteiger partial charge on any atom is -0.306 e. The molecule has 0 saturated heterocycles. The molecule has 5 nitrogen and oxygen atoms in total. The molecule has 0 spiro atoms. The summed E-state index contributed by atoms with van der Waals surface area (Å²) in [5.41, 5.74) is 0.604. The summed E-state index contributed by atoms with van der Waals surface area (Å²) < 4.78 is 0. The fourth-order valence-electron chi connectivity index (χ4n) is 1.71. The minimum absolute atomic E-state index is 0.0739. The zero-order valence-corrected chi connectivity index (χ0v) is 10.8. The van der Waals surface area contributed by atoms with Crippen LogP contribution in [-0.4, -0.2) is 23.5 Å². The van der Waals surface area contributed by atoms with Crippen molar-refractivity contribution in [1.29, 1.82) is 0 Å². The fourth-order valence-corrected chi connectivity index (χ4v) is 1.87. The third-order valence-electron chi connectivity index (χ3n) is 2.63. The normalized spacial score (nSPS) is 10.2. The Hall–Kier alpha value is -2.14. The predicted molar refractivity (Wildman–Crippen MR) is 76.2 cm³/mol. The van der Waals surface area contributed by atoms with Crippen LogP contribution in [0.4, 0.5) is 10.5 Å². The van der Waals surface area contributed by atoms with Crippen molar-refractivity contribution >= 4 is 34.1 Å². The fraction of sp³-hybridized carbons (Fsp3) is 0.154. The molecule has 0 aliphatic rings. The van der Waals surface area contributed by atoms with E-state index in [9.17, 15) is 9.70 Å². The molecule has 19 heavy (non-hydrogen) atoms. The number of fused-ring (bicyclic) bond motifs is 1. The van der Waals surface area contributed by atoms with E-state index < -0.39 is 6.03 Å². The molecule has 0 fully saturated rings. The monoisotopic (exact) mass is 277 g/mol. The minimum atomic E-state index is -0.592. The highest BCUT2D eigenvalue weighted by molar-refractivity contribution is 6.18. The summed E-state index contributed by atoms with van der Waals surface area (Å²) in [4.78, 5) is 22.2. The molecule has 2 aromatic rings. The number of hydrogen-bond donors (Lipinski definition) is 1.